The molecule has 5 rings (SSSR count). The molecule has 0 bridgehead atoms. The van der Waals surface area contributed by atoms with Gasteiger partial charge in [0, 0.05) is 43.3 Å². The quantitative estimate of drug-likeness (QED) is 0.0823. The molecule has 3 aromatic carbocycles. The summed E-state index contributed by atoms with van der Waals surface area (Å²) in [5.41, 5.74) is 7.34. The van der Waals surface area contributed by atoms with E-state index in [4.69, 9.17) is 14.7 Å². The number of rotatable bonds is 13. The second kappa shape index (κ2) is 16.3. The van der Waals surface area contributed by atoms with E-state index >= 15 is 0 Å². The highest BCUT2D eigenvalue weighted by molar-refractivity contribution is 7.99. The Bertz CT molecular complexity index is 1540. The largest absolute Gasteiger partial charge is 0.392 e. The predicted octanol–water partition coefficient (Wildman–Crippen LogP) is 5.87. The van der Waals surface area contributed by atoms with Gasteiger partial charge < -0.3 is 19.9 Å². The number of hydroxylamine groups is 1. The summed E-state index contributed by atoms with van der Waals surface area (Å²) in [6.07, 6.45) is 2.31. The first-order valence-corrected chi connectivity index (χ1v) is 15.9. The maximum absolute atomic E-state index is 12.3. The van der Waals surface area contributed by atoms with Crippen LogP contribution in [-0.4, -0.2) is 39.0 Å². The zero-order valence-corrected chi connectivity index (χ0v) is 25.6. The van der Waals surface area contributed by atoms with Gasteiger partial charge in [0.25, 0.3) is 0 Å². The first-order chi connectivity index (χ1) is 22.0. The summed E-state index contributed by atoms with van der Waals surface area (Å²) in [7, 11) is 0. The van der Waals surface area contributed by atoms with Crippen LogP contribution in [0.1, 0.15) is 60.3 Å². The van der Waals surface area contributed by atoms with Crippen LogP contribution in [0.5, 0.6) is 0 Å². The smallest absolute Gasteiger partial charge is 0.243 e. The molecule has 1 fully saturated rings. The van der Waals surface area contributed by atoms with E-state index in [2.05, 4.69) is 10.3 Å². The lowest BCUT2D eigenvalue weighted by Gasteiger charge is -2.36. The fraction of sp³-hybridized carbons (Fsp3) is 0.286. The van der Waals surface area contributed by atoms with Crippen LogP contribution in [0.2, 0.25) is 0 Å². The Morgan fingerprint density at radius 1 is 0.867 bits per heavy atom. The van der Waals surface area contributed by atoms with Crippen LogP contribution in [0.4, 0.5) is 0 Å². The van der Waals surface area contributed by atoms with Crippen LogP contribution in [0.15, 0.2) is 102 Å². The van der Waals surface area contributed by atoms with Crippen molar-refractivity contribution in [1.82, 2.24) is 15.8 Å². The minimum absolute atomic E-state index is 0.00572. The van der Waals surface area contributed by atoms with Gasteiger partial charge in [-0.1, -0.05) is 78.9 Å². The van der Waals surface area contributed by atoms with Crippen molar-refractivity contribution in [2.45, 2.75) is 62.4 Å². The Morgan fingerprint density at radius 2 is 1.60 bits per heavy atom. The van der Waals surface area contributed by atoms with E-state index in [9.17, 15) is 14.7 Å². The molecular formula is C35H37N3O6S. The van der Waals surface area contributed by atoms with Crippen molar-refractivity contribution in [3.8, 4) is 11.1 Å². The molecule has 0 aliphatic carbocycles. The van der Waals surface area contributed by atoms with Gasteiger partial charge >= 0.3 is 0 Å². The third-order valence-electron chi connectivity index (χ3n) is 7.59. The average molecular weight is 628 g/mol. The molecule has 1 aromatic heterocycles. The molecule has 4 aromatic rings. The normalized spacial score (nSPS) is 17.9. The molecule has 234 valence electrons. The summed E-state index contributed by atoms with van der Waals surface area (Å²) in [5.74, 6) is 0.0639. The molecule has 2 amide bonds. The molecule has 0 radical (unpaired) electrons. The lowest BCUT2D eigenvalue weighted by atomic mass is 9.97. The second-order valence-electron chi connectivity index (χ2n) is 10.8. The molecule has 45 heavy (non-hydrogen) atoms. The van der Waals surface area contributed by atoms with Gasteiger partial charge in [0.15, 0.2) is 6.29 Å². The predicted molar refractivity (Wildman–Crippen MR) is 171 cm³/mol. The van der Waals surface area contributed by atoms with Gasteiger partial charge in [0.2, 0.25) is 11.8 Å². The van der Waals surface area contributed by atoms with Gasteiger partial charge in [0.05, 0.1) is 23.8 Å². The molecule has 3 atom stereocenters. The zero-order chi connectivity index (χ0) is 31.4. The molecule has 2 heterocycles. The van der Waals surface area contributed by atoms with Gasteiger partial charge in [-0.05, 0) is 46.4 Å². The van der Waals surface area contributed by atoms with Crippen LogP contribution in [0, 0.1) is 0 Å². The van der Waals surface area contributed by atoms with E-state index in [-0.39, 0.29) is 37.6 Å². The number of amides is 2. The minimum atomic E-state index is -0.563. The highest BCUT2D eigenvalue weighted by Gasteiger charge is 2.32. The maximum atomic E-state index is 12.3. The number of nitrogens with zero attached hydrogens (tertiary/aromatic N) is 1. The third kappa shape index (κ3) is 9.23. The SMILES string of the molecule is O=C(CCCC(=O)NCc1ccccc1-c1ccc(C2OC(CSc3ccccn3)CC(c3ccc(CO)cc3)O2)cc1)NO. The van der Waals surface area contributed by atoms with E-state index < -0.39 is 12.2 Å². The highest BCUT2D eigenvalue weighted by Crippen LogP contribution is 2.40. The average Bonchev–Trinajstić information content (AvgIpc) is 3.10. The molecule has 3 unspecified atom stereocenters. The molecule has 9 nitrogen and oxygen atoms in total. The van der Waals surface area contributed by atoms with E-state index in [1.54, 1.807) is 23.4 Å². The topological polar surface area (TPSA) is 130 Å². The number of nitrogens with one attached hydrogen (secondary N) is 2. The summed E-state index contributed by atoms with van der Waals surface area (Å²) >= 11 is 1.66. The Morgan fingerprint density at radius 3 is 2.33 bits per heavy atom. The number of aliphatic hydroxyl groups is 1. The maximum Gasteiger partial charge on any atom is 0.243 e. The lowest BCUT2D eigenvalue weighted by molar-refractivity contribution is -0.245. The molecule has 10 heteroatoms. The Labute approximate surface area is 267 Å². The van der Waals surface area contributed by atoms with Gasteiger partial charge in [-0.2, -0.15) is 0 Å². The third-order valence-corrected chi connectivity index (χ3v) is 8.67. The van der Waals surface area contributed by atoms with E-state index in [0.29, 0.717) is 19.4 Å². The summed E-state index contributed by atoms with van der Waals surface area (Å²) in [6, 6.07) is 29.7. The van der Waals surface area contributed by atoms with Crippen LogP contribution in [-0.2, 0) is 32.2 Å². The molecule has 1 aliphatic rings. The summed E-state index contributed by atoms with van der Waals surface area (Å²) < 4.78 is 13.0. The number of pyridine rings is 1. The van der Waals surface area contributed by atoms with Crippen molar-refractivity contribution in [3.63, 3.8) is 0 Å². The van der Waals surface area contributed by atoms with Crippen LogP contribution >= 0.6 is 11.8 Å². The van der Waals surface area contributed by atoms with Crippen molar-refractivity contribution in [3.05, 3.63) is 119 Å². The fourth-order valence-corrected chi connectivity index (χ4v) is 6.04. The molecular weight excluding hydrogens is 590 g/mol. The number of benzene rings is 3. The van der Waals surface area contributed by atoms with Gasteiger partial charge in [-0.25, -0.2) is 10.5 Å². The van der Waals surface area contributed by atoms with Gasteiger partial charge in [0.1, 0.15) is 0 Å². The highest BCUT2D eigenvalue weighted by atomic mass is 32.2. The Hall–Kier alpha value is -4.06. The number of hydrogen-bond acceptors (Lipinski definition) is 8. The summed E-state index contributed by atoms with van der Waals surface area (Å²) in [6.45, 7) is 0.346. The molecule has 1 aliphatic heterocycles. The molecule has 0 spiro atoms. The molecule has 4 N–H and O–H groups in total. The van der Waals surface area contributed by atoms with Crippen molar-refractivity contribution < 1.29 is 29.4 Å². The number of ether oxygens (including phenoxy) is 2. The number of carbonyl (C=O) groups is 2. The van der Waals surface area contributed by atoms with Crippen molar-refractivity contribution in [2.75, 3.05) is 5.75 Å². The number of carbonyl (C=O) groups excluding carboxylic acids is 2. The second-order valence-corrected chi connectivity index (χ2v) is 11.8. The monoisotopic (exact) mass is 627 g/mol. The van der Waals surface area contributed by atoms with Crippen LogP contribution in [0.3, 0.4) is 0 Å². The number of thioether (sulfide) groups is 1. The van der Waals surface area contributed by atoms with Crippen molar-refractivity contribution in [2.24, 2.45) is 0 Å². The van der Waals surface area contributed by atoms with Crippen molar-refractivity contribution >= 4 is 23.6 Å². The van der Waals surface area contributed by atoms with Gasteiger partial charge in [-0.15, -0.1) is 11.8 Å². The fourth-order valence-electron chi connectivity index (χ4n) is 5.16. The molecule has 1 saturated heterocycles. The molecule has 0 saturated carbocycles. The number of aliphatic hydroxyl groups excluding tert-OH is 1. The van der Waals surface area contributed by atoms with Gasteiger partial charge in [-0.3, -0.25) is 14.8 Å². The first-order valence-electron chi connectivity index (χ1n) is 14.9. The Kier molecular flexibility index (Phi) is 11.7. The lowest BCUT2D eigenvalue weighted by Crippen LogP contribution is -2.31. The minimum Gasteiger partial charge on any atom is -0.392 e. The summed E-state index contributed by atoms with van der Waals surface area (Å²) in [4.78, 5) is 27.9. The standard InChI is InChI=1S/C35H37N3O6S/c39-22-24-11-13-26(14-12-24)31-20-29(23-45-34-10-3-4-19-36-34)43-35(44-31)27-17-15-25(16-18-27)30-7-2-1-6-28(30)21-37-32(40)8-5-9-33(41)38-42/h1-4,6-7,10-19,29,31,35,39,42H,5,8-9,20-23H2,(H,37,40)(H,38,41). The van der Waals surface area contributed by atoms with Crippen LogP contribution < -0.4 is 10.8 Å². The Balaban J connectivity index is 1.27. The number of aromatic nitrogens is 1. The first kappa shape index (κ1) is 32.3. The van der Waals surface area contributed by atoms with Crippen molar-refractivity contribution in [1.29, 1.82) is 0 Å². The zero-order valence-electron chi connectivity index (χ0n) is 24.8. The number of hydrogen-bond donors (Lipinski definition) is 4. The van der Waals surface area contributed by atoms with E-state index in [0.717, 1.165) is 44.2 Å². The van der Waals surface area contributed by atoms with Crippen LogP contribution in [0.25, 0.3) is 11.1 Å². The van der Waals surface area contributed by atoms with E-state index in [1.807, 2.05) is 91.0 Å². The van der Waals surface area contributed by atoms with E-state index in [1.165, 1.54) is 0 Å². The summed E-state index contributed by atoms with van der Waals surface area (Å²) in [5, 5.41) is 22.0.